The van der Waals surface area contributed by atoms with Gasteiger partial charge in [0.25, 0.3) is 11.8 Å². The minimum atomic E-state index is -1.40. The molecule has 3 aliphatic carbocycles. The molecule has 6 atom stereocenters. The summed E-state index contributed by atoms with van der Waals surface area (Å²) in [6.45, 7) is 1.97. The van der Waals surface area contributed by atoms with Crippen molar-refractivity contribution in [3.63, 3.8) is 0 Å². The SMILES string of the molecule is Cc1ccc(NN2C(=O)[C@@H]3C[C@@H]4C(=CC[C@@H]5C(=O)N(C6CCCCC6)C(=O)[C@@H]54)[C@H](c4ccc(O)cc4Cl)[C@]3(c3ccccc3)C2=O)cc1. The van der Waals surface area contributed by atoms with Crippen LogP contribution in [0.15, 0.2) is 84.4 Å². The number of carbonyl (C=O) groups excluding carboxylic acids is 4. The van der Waals surface area contributed by atoms with Gasteiger partial charge in [-0.25, -0.2) is 0 Å². The van der Waals surface area contributed by atoms with Crippen LogP contribution in [0.5, 0.6) is 5.75 Å². The molecule has 2 saturated carbocycles. The van der Waals surface area contributed by atoms with Gasteiger partial charge in [-0.05, 0) is 73.9 Å². The largest absolute Gasteiger partial charge is 0.508 e. The van der Waals surface area contributed by atoms with E-state index >= 15 is 4.79 Å². The average Bonchev–Trinajstić information content (AvgIpc) is 3.47. The van der Waals surface area contributed by atoms with Gasteiger partial charge in [-0.3, -0.25) is 29.5 Å². The van der Waals surface area contributed by atoms with E-state index in [1.807, 2.05) is 67.6 Å². The molecule has 9 heteroatoms. The molecule has 2 aliphatic heterocycles. The maximum absolute atomic E-state index is 15.2. The van der Waals surface area contributed by atoms with Crippen LogP contribution in [0.1, 0.15) is 67.6 Å². The van der Waals surface area contributed by atoms with E-state index in [2.05, 4.69) is 5.43 Å². The Kier molecular flexibility index (Phi) is 7.47. The molecule has 3 aromatic carbocycles. The van der Waals surface area contributed by atoms with E-state index in [4.69, 9.17) is 11.6 Å². The van der Waals surface area contributed by atoms with Crippen molar-refractivity contribution in [2.45, 2.75) is 69.2 Å². The molecule has 3 aromatic rings. The van der Waals surface area contributed by atoms with Gasteiger partial charge in [-0.15, -0.1) is 0 Å². The first kappa shape index (κ1) is 30.9. The van der Waals surface area contributed by atoms with E-state index in [1.165, 1.54) is 6.07 Å². The minimum absolute atomic E-state index is 0.0183. The summed E-state index contributed by atoms with van der Waals surface area (Å²) in [4.78, 5) is 59.8. The van der Waals surface area contributed by atoms with Crippen molar-refractivity contribution in [1.82, 2.24) is 9.91 Å². The fraction of sp³-hybridized carbons (Fsp3) is 0.385. The summed E-state index contributed by atoms with van der Waals surface area (Å²) in [5.41, 5.74) is 5.48. The number of fused-ring (bicyclic) bond motifs is 4. The molecule has 4 fully saturated rings. The zero-order chi connectivity index (χ0) is 33.3. The van der Waals surface area contributed by atoms with E-state index in [-0.39, 0.29) is 41.0 Å². The summed E-state index contributed by atoms with van der Waals surface area (Å²) in [6.07, 6.45) is 7.39. The first-order chi connectivity index (χ1) is 23.2. The highest BCUT2D eigenvalue weighted by molar-refractivity contribution is 6.31. The van der Waals surface area contributed by atoms with Gasteiger partial charge >= 0.3 is 0 Å². The predicted molar refractivity (Wildman–Crippen MR) is 181 cm³/mol. The van der Waals surface area contributed by atoms with Gasteiger partial charge in [0.15, 0.2) is 0 Å². The Morgan fingerprint density at radius 1 is 0.854 bits per heavy atom. The molecule has 48 heavy (non-hydrogen) atoms. The molecule has 0 radical (unpaired) electrons. The number of rotatable bonds is 5. The number of aryl methyl sites for hydroxylation is 1. The number of hydrazine groups is 1. The lowest BCUT2D eigenvalue weighted by molar-refractivity contribution is -0.144. The van der Waals surface area contributed by atoms with Crippen LogP contribution < -0.4 is 5.43 Å². The Morgan fingerprint density at radius 3 is 2.29 bits per heavy atom. The fourth-order valence-electron chi connectivity index (χ4n) is 9.57. The minimum Gasteiger partial charge on any atom is -0.508 e. The Hall–Kier alpha value is -4.43. The third-order valence-electron chi connectivity index (χ3n) is 11.7. The third kappa shape index (κ3) is 4.48. The molecule has 4 amide bonds. The first-order valence-electron chi connectivity index (χ1n) is 17.0. The second-order valence-electron chi connectivity index (χ2n) is 14.1. The van der Waals surface area contributed by atoms with E-state index in [0.717, 1.165) is 48.2 Å². The first-order valence-corrected chi connectivity index (χ1v) is 17.4. The van der Waals surface area contributed by atoms with Gasteiger partial charge in [0.2, 0.25) is 11.8 Å². The number of imide groups is 2. The molecular formula is C39H38ClN3O5. The number of phenols is 1. The number of hydrogen-bond acceptors (Lipinski definition) is 6. The monoisotopic (exact) mass is 663 g/mol. The number of allylic oxidation sites excluding steroid dienone is 2. The molecule has 2 saturated heterocycles. The smallest absolute Gasteiger partial charge is 0.260 e. The number of nitrogens with zero attached hydrogens (tertiary/aromatic N) is 2. The molecule has 8 rings (SSSR count). The highest BCUT2D eigenvalue weighted by Crippen LogP contribution is 2.65. The zero-order valence-electron chi connectivity index (χ0n) is 26.8. The van der Waals surface area contributed by atoms with Gasteiger partial charge in [-0.1, -0.05) is 96.6 Å². The van der Waals surface area contributed by atoms with Crippen LogP contribution in [-0.2, 0) is 24.6 Å². The molecule has 0 spiro atoms. The maximum atomic E-state index is 15.2. The van der Waals surface area contributed by atoms with Gasteiger partial charge in [-0.2, -0.15) is 5.01 Å². The van der Waals surface area contributed by atoms with Crippen molar-refractivity contribution in [1.29, 1.82) is 0 Å². The topological polar surface area (TPSA) is 107 Å². The summed E-state index contributed by atoms with van der Waals surface area (Å²) >= 11 is 6.94. The maximum Gasteiger partial charge on any atom is 0.260 e. The number of phenolic OH excluding ortho intramolecular Hbond substituents is 1. The number of aromatic hydroxyl groups is 1. The molecule has 0 aromatic heterocycles. The van der Waals surface area contributed by atoms with Gasteiger partial charge in [0.1, 0.15) is 5.75 Å². The van der Waals surface area contributed by atoms with Crippen LogP contribution in [0.2, 0.25) is 5.02 Å². The lowest BCUT2D eigenvalue weighted by Crippen LogP contribution is -2.53. The Bertz CT molecular complexity index is 1850. The lowest BCUT2D eigenvalue weighted by atomic mass is 9.49. The summed E-state index contributed by atoms with van der Waals surface area (Å²) in [5, 5.41) is 11.8. The van der Waals surface area contributed by atoms with Crippen LogP contribution in [0.25, 0.3) is 0 Å². The second kappa shape index (κ2) is 11.6. The van der Waals surface area contributed by atoms with E-state index in [9.17, 15) is 19.5 Å². The molecule has 246 valence electrons. The second-order valence-corrected chi connectivity index (χ2v) is 14.5. The van der Waals surface area contributed by atoms with E-state index < -0.39 is 40.9 Å². The summed E-state index contributed by atoms with van der Waals surface area (Å²) < 4.78 is 0. The Labute approximate surface area is 284 Å². The number of anilines is 1. The van der Waals surface area contributed by atoms with E-state index in [0.29, 0.717) is 23.2 Å². The third-order valence-corrected chi connectivity index (χ3v) is 12.0. The van der Waals surface area contributed by atoms with E-state index in [1.54, 1.807) is 17.0 Å². The number of hydrogen-bond donors (Lipinski definition) is 2. The van der Waals surface area contributed by atoms with Gasteiger partial charge < -0.3 is 5.11 Å². The summed E-state index contributed by atoms with van der Waals surface area (Å²) in [5.74, 6) is -4.21. The van der Waals surface area contributed by atoms with Crippen LogP contribution in [0, 0.1) is 30.6 Å². The molecule has 0 bridgehead atoms. The Morgan fingerprint density at radius 2 is 1.58 bits per heavy atom. The molecule has 2 N–H and O–H groups in total. The molecular weight excluding hydrogens is 626 g/mol. The molecule has 8 nitrogen and oxygen atoms in total. The van der Waals surface area contributed by atoms with Crippen LogP contribution in [-0.4, -0.2) is 44.7 Å². The zero-order valence-corrected chi connectivity index (χ0v) is 27.5. The molecule has 2 heterocycles. The quantitative estimate of drug-likeness (QED) is 0.233. The normalized spacial score (nSPS) is 30.2. The fourth-order valence-corrected chi connectivity index (χ4v) is 9.85. The Balaban J connectivity index is 1.31. The summed E-state index contributed by atoms with van der Waals surface area (Å²) in [6, 6.07) is 21.5. The number of halogens is 1. The number of benzene rings is 3. The molecule has 5 aliphatic rings. The standard InChI is InChI=1S/C39H38ClN3O5/c1-22-12-14-24(15-13-22)41-43-36(46)31-21-30-27(18-19-29-33(30)37(47)42(35(29)45)25-10-6-3-7-11-25)34(28-17-16-26(44)20-32(28)40)39(31,38(43)48)23-8-4-2-5-9-23/h2,4-5,8-9,12-18,20,25,29-31,33-34,41,44H,3,6-7,10-11,19,21H2,1H3/t29-,30+,31-,33-,34+,39+/m0/s1. The van der Waals surface area contributed by atoms with Crippen molar-refractivity contribution in [3.05, 3.63) is 106 Å². The van der Waals surface area contributed by atoms with Crippen molar-refractivity contribution in [2.24, 2.45) is 23.7 Å². The predicted octanol–water partition coefficient (Wildman–Crippen LogP) is 6.67. The highest BCUT2D eigenvalue weighted by Gasteiger charge is 2.70. The van der Waals surface area contributed by atoms with Crippen molar-refractivity contribution in [3.8, 4) is 5.75 Å². The van der Waals surface area contributed by atoms with Crippen LogP contribution in [0.4, 0.5) is 5.69 Å². The van der Waals surface area contributed by atoms with Crippen molar-refractivity contribution >= 4 is 40.9 Å². The molecule has 0 unspecified atom stereocenters. The van der Waals surface area contributed by atoms with Gasteiger partial charge in [0, 0.05) is 17.0 Å². The van der Waals surface area contributed by atoms with Crippen LogP contribution in [0.3, 0.4) is 0 Å². The summed E-state index contributed by atoms with van der Waals surface area (Å²) in [7, 11) is 0. The highest BCUT2D eigenvalue weighted by atomic mass is 35.5. The van der Waals surface area contributed by atoms with Crippen molar-refractivity contribution < 1.29 is 24.3 Å². The lowest BCUT2D eigenvalue weighted by Gasteiger charge is -2.50. The number of amides is 4. The number of carbonyl (C=O) groups is 4. The van der Waals surface area contributed by atoms with Gasteiger partial charge in [0.05, 0.1) is 28.9 Å². The number of likely N-dealkylation sites (tertiary alicyclic amines) is 1. The average molecular weight is 664 g/mol. The van der Waals surface area contributed by atoms with Crippen molar-refractivity contribution in [2.75, 3.05) is 5.43 Å². The van der Waals surface area contributed by atoms with Crippen LogP contribution >= 0.6 is 11.6 Å². The number of nitrogens with one attached hydrogen (secondary N) is 1.